The summed E-state index contributed by atoms with van der Waals surface area (Å²) in [5, 5.41) is 10.8. The van der Waals surface area contributed by atoms with E-state index in [1.54, 1.807) is 0 Å². The van der Waals surface area contributed by atoms with Crippen molar-refractivity contribution in [3.05, 3.63) is 0 Å². The Bertz CT molecular complexity index is 596. The first-order valence-corrected chi connectivity index (χ1v) is 15.0. The highest BCUT2D eigenvalue weighted by Crippen LogP contribution is 2.68. The highest BCUT2D eigenvalue weighted by molar-refractivity contribution is 14.2. The van der Waals surface area contributed by atoms with Gasteiger partial charge in [-0.3, -0.25) is 4.79 Å². The summed E-state index contributed by atoms with van der Waals surface area (Å²) < 4.78 is 6.12. The fourth-order valence-electron chi connectivity index (χ4n) is 8.34. The molecule has 4 rings (SSSR count). The quantitative estimate of drug-likeness (QED) is 0.380. The van der Waals surface area contributed by atoms with Crippen LogP contribution in [0.1, 0.15) is 78.6 Å². The van der Waals surface area contributed by atoms with Crippen LogP contribution in [0.5, 0.6) is 0 Å². The molecule has 154 valence electrons. The molecular formula is C22H36IO3P. The van der Waals surface area contributed by atoms with Gasteiger partial charge in [0, 0.05) is 11.3 Å². The van der Waals surface area contributed by atoms with Gasteiger partial charge in [-0.15, -0.1) is 0 Å². The largest absolute Gasteiger partial charge is 0.390 e. The van der Waals surface area contributed by atoms with E-state index in [0.29, 0.717) is 24.1 Å². The fraction of sp³-hybridized carbons (Fsp3) is 0.955. The Hall–Kier alpha value is 0.750. The third kappa shape index (κ3) is 3.37. The Kier molecular flexibility index (Phi) is 5.80. The molecule has 0 aliphatic heterocycles. The van der Waals surface area contributed by atoms with E-state index in [-0.39, 0.29) is 16.7 Å². The van der Waals surface area contributed by atoms with Crippen molar-refractivity contribution < 1.29 is 14.4 Å². The first-order valence-electron chi connectivity index (χ1n) is 10.9. The van der Waals surface area contributed by atoms with Crippen molar-refractivity contribution in [3.63, 3.8) is 0 Å². The van der Waals surface area contributed by atoms with Crippen LogP contribution >= 0.6 is 28.5 Å². The van der Waals surface area contributed by atoms with Crippen molar-refractivity contribution in [3.8, 4) is 0 Å². The number of hydrogen-bond acceptors (Lipinski definition) is 3. The SMILES string of the molecule is CC(=O)[C@H]1CC[C@H]2[C@@H]3CC[C@H]4C[C@](C)(O)CC[C@]4(COPI)[C@H]3CC[C@]12C. The van der Waals surface area contributed by atoms with Gasteiger partial charge in [0.05, 0.1) is 18.7 Å². The van der Waals surface area contributed by atoms with Gasteiger partial charge in [-0.2, -0.15) is 0 Å². The summed E-state index contributed by atoms with van der Waals surface area (Å²) in [6.07, 6.45) is 10.3. The van der Waals surface area contributed by atoms with Gasteiger partial charge in [-0.25, -0.2) is 0 Å². The monoisotopic (exact) mass is 506 g/mol. The maximum absolute atomic E-state index is 12.3. The van der Waals surface area contributed by atoms with Crippen LogP contribution in [0.25, 0.3) is 0 Å². The Morgan fingerprint density at radius 3 is 2.59 bits per heavy atom. The lowest BCUT2D eigenvalue weighted by molar-refractivity contribution is -0.167. The number of Topliss-reactive ketones (excluding diaryl/α,β-unsaturated/α-hetero) is 1. The molecule has 0 heterocycles. The number of aliphatic hydroxyl groups is 1. The van der Waals surface area contributed by atoms with E-state index in [1.807, 2.05) is 13.8 Å². The lowest BCUT2D eigenvalue weighted by Crippen LogP contribution is -2.58. The second-order valence-electron chi connectivity index (χ2n) is 10.7. The second kappa shape index (κ2) is 7.46. The molecule has 4 fully saturated rings. The van der Waals surface area contributed by atoms with Crippen LogP contribution < -0.4 is 0 Å². The average molecular weight is 506 g/mol. The van der Waals surface area contributed by atoms with Gasteiger partial charge in [-0.1, -0.05) is 6.92 Å². The molecule has 0 saturated heterocycles. The lowest BCUT2D eigenvalue weighted by Gasteiger charge is -2.62. The molecule has 4 saturated carbocycles. The van der Waals surface area contributed by atoms with Crippen molar-refractivity contribution in [2.75, 3.05) is 6.61 Å². The molecule has 27 heavy (non-hydrogen) atoms. The van der Waals surface area contributed by atoms with Gasteiger partial charge in [0.15, 0.2) is 0 Å². The van der Waals surface area contributed by atoms with Gasteiger partial charge in [0.25, 0.3) is 0 Å². The van der Waals surface area contributed by atoms with E-state index in [2.05, 4.69) is 29.0 Å². The Morgan fingerprint density at radius 2 is 1.89 bits per heavy atom. The van der Waals surface area contributed by atoms with Crippen LogP contribution in [0.3, 0.4) is 0 Å². The molecule has 0 aromatic carbocycles. The molecule has 4 aliphatic carbocycles. The summed E-state index contributed by atoms with van der Waals surface area (Å²) >= 11 is 2.35. The van der Waals surface area contributed by atoms with E-state index in [9.17, 15) is 9.90 Å². The van der Waals surface area contributed by atoms with Crippen LogP contribution in [-0.2, 0) is 9.32 Å². The summed E-state index contributed by atoms with van der Waals surface area (Å²) in [5.74, 6) is 3.51. The van der Waals surface area contributed by atoms with Crippen molar-refractivity contribution in [1.82, 2.24) is 0 Å². The topological polar surface area (TPSA) is 46.5 Å². The highest BCUT2D eigenvalue weighted by Gasteiger charge is 2.62. The number of carbonyl (C=O) groups is 1. The summed E-state index contributed by atoms with van der Waals surface area (Å²) in [4.78, 5) is 12.3. The number of hydrogen-bond donors (Lipinski definition) is 1. The summed E-state index contributed by atoms with van der Waals surface area (Å²) in [6, 6.07) is 0. The first kappa shape index (κ1) is 21.0. The van der Waals surface area contributed by atoms with E-state index < -0.39 is 5.60 Å². The molecular weight excluding hydrogens is 470 g/mol. The van der Waals surface area contributed by atoms with E-state index >= 15 is 0 Å². The van der Waals surface area contributed by atoms with Gasteiger partial charge < -0.3 is 9.63 Å². The van der Waals surface area contributed by atoms with Crippen molar-refractivity contribution in [2.24, 2.45) is 40.4 Å². The molecule has 0 amide bonds. The predicted molar refractivity (Wildman–Crippen MR) is 119 cm³/mol. The van der Waals surface area contributed by atoms with Gasteiger partial charge >= 0.3 is 0 Å². The van der Waals surface area contributed by atoms with E-state index in [4.69, 9.17) is 4.52 Å². The smallest absolute Gasteiger partial charge is 0.133 e. The molecule has 1 unspecified atom stereocenters. The van der Waals surface area contributed by atoms with Crippen molar-refractivity contribution >= 4 is 34.3 Å². The number of ketones is 1. The molecule has 0 spiro atoms. The zero-order chi connectivity index (χ0) is 19.4. The second-order valence-corrected chi connectivity index (χ2v) is 12.5. The average Bonchev–Trinajstić information content (AvgIpc) is 2.97. The maximum atomic E-state index is 12.3. The standard InChI is InChI=1S/C22H36IO3P/c1-14(24)17-6-7-18-16-5-4-15-12-20(2,25)10-11-22(15,13-26-27-23)19(16)8-9-21(17,18)3/h15-19,25,27H,4-13H2,1-3H3/t15-,16-,17+,18-,19-,20+,21+,22+/m0/s1. The number of rotatable bonds is 4. The van der Waals surface area contributed by atoms with Crippen molar-refractivity contribution in [1.29, 1.82) is 0 Å². The zero-order valence-corrected chi connectivity index (χ0v) is 20.3. The van der Waals surface area contributed by atoms with Gasteiger partial charge in [0.2, 0.25) is 0 Å². The predicted octanol–water partition coefficient (Wildman–Crippen LogP) is 5.93. The minimum atomic E-state index is -0.496. The van der Waals surface area contributed by atoms with Crippen molar-refractivity contribution in [2.45, 2.75) is 84.2 Å². The molecule has 1 N–H and O–H groups in total. The molecule has 0 aromatic heterocycles. The normalized spacial score (nSPS) is 52.4. The van der Waals surface area contributed by atoms with E-state index in [1.165, 1.54) is 32.1 Å². The van der Waals surface area contributed by atoms with Crippen LogP contribution in [-0.4, -0.2) is 23.1 Å². The third-order valence-corrected chi connectivity index (χ3v) is 10.7. The summed E-state index contributed by atoms with van der Waals surface area (Å²) in [5.41, 5.74) is -0.00406. The molecule has 5 heteroatoms. The Labute approximate surface area is 179 Å². The molecule has 0 bridgehead atoms. The van der Waals surface area contributed by atoms with Crippen LogP contribution in [0, 0.1) is 40.4 Å². The minimum Gasteiger partial charge on any atom is -0.390 e. The van der Waals surface area contributed by atoms with Crippen LogP contribution in [0.2, 0.25) is 0 Å². The molecule has 4 aliphatic rings. The Balaban J connectivity index is 1.64. The van der Waals surface area contributed by atoms with Crippen LogP contribution in [0.15, 0.2) is 0 Å². The van der Waals surface area contributed by atoms with Gasteiger partial charge in [-0.05, 0) is 123 Å². The fourth-order valence-corrected chi connectivity index (χ4v) is 9.13. The zero-order valence-electron chi connectivity index (χ0n) is 17.1. The number of fused-ring (bicyclic) bond motifs is 5. The Morgan fingerprint density at radius 1 is 1.11 bits per heavy atom. The third-order valence-electron chi connectivity index (χ3n) is 9.54. The maximum Gasteiger partial charge on any atom is 0.133 e. The summed E-state index contributed by atoms with van der Waals surface area (Å²) in [6.45, 7) is 7.69. The van der Waals surface area contributed by atoms with Crippen LogP contribution in [0.4, 0.5) is 0 Å². The van der Waals surface area contributed by atoms with E-state index in [0.717, 1.165) is 44.1 Å². The highest BCUT2D eigenvalue weighted by atomic mass is 127. The molecule has 0 aromatic rings. The minimum absolute atomic E-state index is 0.229. The lowest BCUT2D eigenvalue weighted by atomic mass is 9.43. The molecule has 3 nitrogen and oxygen atoms in total. The van der Waals surface area contributed by atoms with Gasteiger partial charge in [0.1, 0.15) is 5.78 Å². The molecule has 0 radical (unpaired) electrons. The first-order chi connectivity index (χ1) is 12.7. The molecule has 9 atom stereocenters. The number of carbonyl (C=O) groups excluding carboxylic acids is 1. The summed E-state index contributed by atoms with van der Waals surface area (Å²) in [7, 11) is 0. The number of halogens is 1.